The van der Waals surface area contributed by atoms with Crippen LogP contribution in [-0.4, -0.2) is 33.8 Å². The summed E-state index contributed by atoms with van der Waals surface area (Å²) >= 11 is 0. The molecule has 0 aliphatic rings. The van der Waals surface area contributed by atoms with Crippen LogP contribution in [0.25, 0.3) is 0 Å². The minimum absolute atomic E-state index is 0.572. The van der Waals surface area contributed by atoms with Crippen LogP contribution < -0.4 is 10.6 Å². The van der Waals surface area contributed by atoms with E-state index in [1.807, 2.05) is 18.2 Å². The zero-order valence-electron chi connectivity index (χ0n) is 11.2. The molecule has 0 fully saturated rings. The molecule has 17 heavy (non-hydrogen) atoms. The van der Waals surface area contributed by atoms with E-state index in [0.717, 1.165) is 5.19 Å². The summed E-state index contributed by atoms with van der Waals surface area (Å²) in [4.78, 5) is 0. The van der Waals surface area contributed by atoms with Crippen molar-refractivity contribution in [3.8, 4) is 0 Å². The third-order valence-corrected chi connectivity index (χ3v) is 8.69. The fraction of sp³-hybridized carbons (Fsp3) is 0.455. The van der Waals surface area contributed by atoms with Crippen molar-refractivity contribution in [3.05, 3.63) is 24.3 Å². The highest BCUT2D eigenvalue weighted by Crippen LogP contribution is 2.13. The van der Waals surface area contributed by atoms with Crippen molar-refractivity contribution in [3.63, 3.8) is 0 Å². The van der Waals surface area contributed by atoms with Gasteiger partial charge in [-0.25, -0.2) is 0 Å². The van der Waals surface area contributed by atoms with E-state index >= 15 is 0 Å². The average molecular weight is 268 g/mol. The Kier molecular flexibility index (Phi) is 4.37. The number of benzene rings is 1. The standard InChI is InChI=1S/C11H21BO3Si2/c1-16(2,3)15-17(4,5)11-9-7-6-8-10(11)12(13)14/h6-9,13-14H,1-5H3. The summed E-state index contributed by atoms with van der Waals surface area (Å²) < 4.78 is 6.26. The fourth-order valence-corrected chi connectivity index (χ4v) is 10.1. The largest absolute Gasteiger partial charge is 0.488 e. The first-order valence-corrected chi connectivity index (χ1v) is 12.1. The summed E-state index contributed by atoms with van der Waals surface area (Å²) in [5.74, 6) is 0. The van der Waals surface area contributed by atoms with Crippen LogP contribution in [-0.2, 0) is 4.12 Å². The Balaban J connectivity index is 3.14. The Labute approximate surface area is 106 Å². The fourth-order valence-electron chi connectivity index (χ4n) is 2.09. The Morgan fingerprint density at radius 3 is 2.00 bits per heavy atom. The molecule has 1 rings (SSSR count). The molecule has 0 aromatic heterocycles. The normalized spacial score (nSPS) is 12.6. The predicted molar refractivity (Wildman–Crippen MR) is 77.8 cm³/mol. The Hall–Kier alpha value is -0.401. The van der Waals surface area contributed by atoms with Crippen molar-refractivity contribution in [1.82, 2.24) is 0 Å². The Morgan fingerprint density at radius 1 is 1.00 bits per heavy atom. The van der Waals surface area contributed by atoms with Gasteiger partial charge >= 0.3 is 7.12 Å². The van der Waals surface area contributed by atoms with Gasteiger partial charge in [0.05, 0.1) is 0 Å². The first kappa shape index (κ1) is 14.7. The highest BCUT2D eigenvalue weighted by atomic mass is 28.4. The summed E-state index contributed by atoms with van der Waals surface area (Å²) in [7, 11) is -5.14. The van der Waals surface area contributed by atoms with Gasteiger partial charge in [-0.05, 0) is 43.4 Å². The number of hydrogen-bond donors (Lipinski definition) is 2. The van der Waals surface area contributed by atoms with Crippen molar-refractivity contribution in [2.75, 3.05) is 0 Å². The lowest BCUT2D eigenvalue weighted by molar-refractivity contribution is 0.426. The van der Waals surface area contributed by atoms with Crippen molar-refractivity contribution < 1.29 is 14.2 Å². The summed E-state index contributed by atoms with van der Waals surface area (Å²) in [6.07, 6.45) is 0. The molecule has 0 aliphatic carbocycles. The molecule has 3 nitrogen and oxygen atoms in total. The molecule has 0 saturated carbocycles. The zero-order chi connectivity index (χ0) is 13.3. The molecule has 0 unspecified atom stereocenters. The molecule has 0 saturated heterocycles. The molecule has 1 aromatic rings. The van der Waals surface area contributed by atoms with Crippen LogP contribution in [0.15, 0.2) is 24.3 Å². The third kappa shape index (κ3) is 4.08. The van der Waals surface area contributed by atoms with E-state index in [2.05, 4.69) is 32.7 Å². The second kappa shape index (κ2) is 5.07. The predicted octanol–water partition coefficient (Wildman–Crippen LogP) is 0.630. The van der Waals surface area contributed by atoms with Crippen LogP contribution in [0.4, 0.5) is 0 Å². The SMILES string of the molecule is C[Si](C)(C)O[Si](C)(C)c1ccccc1B(O)O. The highest BCUT2D eigenvalue weighted by Gasteiger charge is 2.34. The quantitative estimate of drug-likeness (QED) is 0.788. The van der Waals surface area contributed by atoms with Crippen LogP contribution in [0.5, 0.6) is 0 Å². The van der Waals surface area contributed by atoms with Crippen LogP contribution in [0.2, 0.25) is 32.7 Å². The van der Waals surface area contributed by atoms with Crippen LogP contribution in [0, 0.1) is 0 Å². The van der Waals surface area contributed by atoms with Crippen molar-refractivity contribution >= 4 is 34.4 Å². The topological polar surface area (TPSA) is 49.7 Å². The Bertz CT molecular complexity index is 389. The van der Waals surface area contributed by atoms with Crippen molar-refractivity contribution in [2.45, 2.75) is 32.7 Å². The monoisotopic (exact) mass is 268 g/mol. The average Bonchev–Trinajstić information content (AvgIpc) is 2.14. The summed E-state index contributed by atoms with van der Waals surface area (Å²) in [6, 6.07) is 7.43. The zero-order valence-corrected chi connectivity index (χ0v) is 13.2. The van der Waals surface area contributed by atoms with Crippen LogP contribution in [0.1, 0.15) is 0 Å². The van der Waals surface area contributed by atoms with Gasteiger partial charge in [0.25, 0.3) is 0 Å². The van der Waals surface area contributed by atoms with E-state index < -0.39 is 23.8 Å². The first-order chi connectivity index (χ1) is 7.63. The molecule has 0 radical (unpaired) electrons. The second-order valence-electron chi connectivity index (χ2n) is 5.69. The van der Waals surface area contributed by atoms with Crippen molar-refractivity contribution in [1.29, 1.82) is 0 Å². The molecule has 0 amide bonds. The molecule has 6 heteroatoms. The third-order valence-electron chi connectivity index (χ3n) is 2.45. The molecule has 0 aliphatic heterocycles. The number of hydrogen-bond acceptors (Lipinski definition) is 3. The molecule has 2 N–H and O–H groups in total. The van der Waals surface area contributed by atoms with E-state index in [1.54, 1.807) is 6.07 Å². The summed E-state index contributed by atoms with van der Waals surface area (Å²) in [5, 5.41) is 19.8. The van der Waals surface area contributed by atoms with Gasteiger partial charge in [0.1, 0.15) is 0 Å². The summed E-state index contributed by atoms with van der Waals surface area (Å²) in [6.45, 7) is 10.7. The smallest absolute Gasteiger partial charge is 0.452 e. The van der Waals surface area contributed by atoms with E-state index in [-0.39, 0.29) is 0 Å². The lowest BCUT2D eigenvalue weighted by Gasteiger charge is -2.33. The molecule has 0 spiro atoms. The maximum atomic E-state index is 9.40. The van der Waals surface area contributed by atoms with Gasteiger partial charge in [-0.1, -0.05) is 24.3 Å². The highest BCUT2D eigenvalue weighted by molar-refractivity contribution is 6.94. The molecule has 0 bridgehead atoms. The maximum absolute atomic E-state index is 9.40. The van der Waals surface area contributed by atoms with E-state index in [4.69, 9.17) is 4.12 Å². The molecular weight excluding hydrogens is 247 g/mol. The van der Waals surface area contributed by atoms with Gasteiger partial charge in [0.2, 0.25) is 8.32 Å². The molecular formula is C11H21BO3Si2. The van der Waals surface area contributed by atoms with Crippen LogP contribution in [0.3, 0.4) is 0 Å². The summed E-state index contributed by atoms with van der Waals surface area (Å²) in [5.41, 5.74) is 0.572. The molecule has 1 aromatic carbocycles. The lowest BCUT2D eigenvalue weighted by atomic mass is 9.80. The maximum Gasteiger partial charge on any atom is 0.488 e. The van der Waals surface area contributed by atoms with Gasteiger partial charge in [0, 0.05) is 0 Å². The second-order valence-corrected chi connectivity index (χ2v) is 14.3. The first-order valence-electron chi connectivity index (χ1n) is 5.79. The minimum atomic E-state index is -2.08. The number of rotatable bonds is 4. The van der Waals surface area contributed by atoms with Gasteiger partial charge in [-0.3, -0.25) is 0 Å². The van der Waals surface area contributed by atoms with Gasteiger partial charge in [0.15, 0.2) is 8.32 Å². The van der Waals surface area contributed by atoms with Crippen molar-refractivity contribution in [2.24, 2.45) is 0 Å². The lowest BCUT2D eigenvalue weighted by Crippen LogP contribution is -2.59. The minimum Gasteiger partial charge on any atom is -0.452 e. The Morgan fingerprint density at radius 2 is 1.53 bits per heavy atom. The van der Waals surface area contributed by atoms with E-state index in [9.17, 15) is 10.0 Å². The molecule has 0 heterocycles. The molecule has 94 valence electrons. The van der Waals surface area contributed by atoms with E-state index in [1.165, 1.54) is 0 Å². The van der Waals surface area contributed by atoms with E-state index in [0.29, 0.717) is 5.46 Å². The molecule has 0 atom stereocenters. The van der Waals surface area contributed by atoms with Gasteiger partial charge in [-0.15, -0.1) is 0 Å². The van der Waals surface area contributed by atoms with Crippen LogP contribution >= 0.6 is 0 Å². The van der Waals surface area contributed by atoms with Gasteiger partial charge < -0.3 is 14.2 Å². The van der Waals surface area contributed by atoms with Gasteiger partial charge in [-0.2, -0.15) is 0 Å².